The van der Waals surface area contributed by atoms with Gasteiger partial charge in [-0.2, -0.15) is 0 Å². The lowest BCUT2D eigenvalue weighted by molar-refractivity contribution is 0.252. The van der Waals surface area contributed by atoms with E-state index in [1.807, 2.05) is 13.8 Å². The standard InChI is InChI=1S/C6H14ClNO/c1-4(2)6(7)5(8)3-9/h4-6,9H,3,8H2,1-2H3/t5-,6+/m0/s1. The zero-order chi connectivity index (χ0) is 7.44. The number of alkyl halides is 1. The molecular formula is C6H14ClNO. The smallest absolute Gasteiger partial charge is 0.0597 e. The SMILES string of the molecule is CC(C)[C@@H](Cl)[C@@H](N)CO. The van der Waals surface area contributed by atoms with Crippen LogP contribution >= 0.6 is 11.6 Å². The Morgan fingerprint density at radius 2 is 2.00 bits per heavy atom. The molecule has 9 heavy (non-hydrogen) atoms. The fourth-order valence-corrected chi connectivity index (χ4v) is 0.675. The maximum absolute atomic E-state index is 8.54. The highest BCUT2D eigenvalue weighted by atomic mass is 35.5. The molecule has 0 unspecified atom stereocenters. The highest BCUT2D eigenvalue weighted by Crippen LogP contribution is 2.11. The lowest BCUT2D eigenvalue weighted by Gasteiger charge is -2.18. The molecule has 0 rings (SSSR count). The molecule has 56 valence electrons. The molecule has 0 heterocycles. The van der Waals surface area contributed by atoms with Gasteiger partial charge >= 0.3 is 0 Å². The number of rotatable bonds is 3. The Kier molecular flexibility index (Phi) is 4.19. The summed E-state index contributed by atoms with van der Waals surface area (Å²) in [6.45, 7) is 3.92. The molecule has 0 aromatic rings. The van der Waals surface area contributed by atoms with E-state index in [0.29, 0.717) is 5.92 Å². The van der Waals surface area contributed by atoms with Gasteiger partial charge in [-0.25, -0.2) is 0 Å². The van der Waals surface area contributed by atoms with Crippen LogP contribution in [0.3, 0.4) is 0 Å². The molecule has 0 bridgehead atoms. The summed E-state index contributed by atoms with van der Waals surface area (Å²) in [5, 5.41) is 8.43. The first-order valence-electron chi connectivity index (χ1n) is 3.10. The van der Waals surface area contributed by atoms with Crippen molar-refractivity contribution in [3.8, 4) is 0 Å². The van der Waals surface area contributed by atoms with E-state index in [4.69, 9.17) is 22.4 Å². The second-order valence-corrected chi connectivity index (χ2v) is 3.04. The quantitative estimate of drug-likeness (QED) is 0.580. The Morgan fingerprint density at radius 1 is 1.56 bits per heavy atom. The van der Waals surface area contributed by atoms with E-state index in [9.17, 15) is 0 Å². The van der Waals surface area contributed by atoms with Gasteiger partial charge in [-0.15, -0.1) is 11.6 Å². The molecule has 0 saturated carbocycles. The summed E-state index contributed by atoms with van der Waals surface area (Å²) in [5.41, 5.74) is 5.44. The van der Waals surface area contributed by atoms with E-state index in [-0.39, 0.29) is 18.0 Å². The summed E-state index contributed by atoms with van der Waals surface area (Å²) in [5.74, 6) is 0.328. The lowest BCUT2D eigenvalue weighted by atomic mass is 10.0. The van der Waals surface area contributed by atoms with E-state index in [1.165, 1.54) is 0 Å². The highest BCUT2D eigenvalue weighted by molar-refractivity contribution is 6.21. The largest absolute Gasteiger partial charge is 0.395 e. The second-order valence-electron chi connectivity index (χ2n) is 2.53. The van der Waals surface area contributed by atoms with Gasteiger partial charge in [0.15, 0.2) is 0 Å². The van der Waals surface area contributed by atoms with E-state index in [0.717, 1.165) is 0 Å². The molecule has 0 radical (unpaired) electrons. The molecule has 0 aliphatic rings. The molecule has 0 fully saturated rings. The van der Waals surface area contributed by atoms with Crippen molar-refractivity contribution in [1.29, 1.82) is 0 Å². The average Bonchev–Trinajstić information content (AvgIpc) is 1.84. The zero-order valence-electron chi connectivity index (χ0n) is 5.84. The van der Waals surface area contributed by atoms with Crippen LogP contribution < -0.4 is 5.73 Å². The molecule has 0 saturated heterocycles. The van der Waals surface area contributed by atoms with Gasteiger partial charge in [-0.05, 0) is 5.92 Å². The summed E-state index contributed by atoms with van der Waals surface area (Å²) in [4.78, 5) is 0. The van der Waals surface area contributed by atoms with Crippen molar-refractivity contribution >= 4 is 11.6 Å². The van der Waals surface area contributed by atoms with E-state index < -0.39 is 0 Å². The average molecular weight is 152 g/mol. The zero-order valence-corrected chi connectivity index (χ0v) is 6.60. The summed E-state index contributed by atoms with van der Waals surface area (Å²) >= 11 is 5.78. The van der Waals surface area contributed by atoms with Crippen LogP contribution in [0.2, 0.25) is 0 Å². The lowest BCUT2D eigenvalue weighted by Crippen LogP contribution is -2.37. The van der Waals surface area contributed by atoms with Gasteiger partial charge < -0.3 is 10.8 Å². The molecule has 3 heteroatoms. The Bertz CT molecular complexity index is 77.5. The van der Waals surface area contributed by atoms with Gasteiger partial charge in [0.2, 0.25) is 0 Å². The molecule has 2 nitrogen and oxygen atoms in total. The molecule has 0 amide bonds. The number of hydrogen-bond acceptors (Lipinski definition) is 2. The minimum absolute atomic E-state index is 0.0354. The van der Waals surface area contributed by atoms with Gasteiger partial charge in [0.1, 0.15) is 0 Å². The fraction of sp³-hybridized carbons (Fsp3) is 1.00. The first-order chi connectivity index (χ1) is 4.09. The second kappa shape index (κ2) is 4.09. The molecule has 0 aliphatic heterocycles. The molecule has 3 N–H and O–H groups in total. The van der Waals surface area contributed by atoms with Crippen LogP contribution in [0.5, 0.6) is 0 Å². The Morgan fingerprint density at radius 3 is 2.11 bits per heavy atom. The fourth-order valence-electron chi connectivity index (χ4n) is 0.595. The van der Waals surface area contributed by atoms with Crippen molar-refractivity contribution < 1.29 is 5.11 Å². The van der Waals surface area contributed by atoms with Crippen LogP contribution in [-0.2, 0) is 0 Å². The van der Waals surface area contributed by atoms with Crippen molar-refractivity contribution in [2.45, 2.75) is 25.3 Å². The molecule has 0 spiro atoms. The van der Waals surface area contributed by atoms with Crippen LogP contribution in [-0.4, -0.2) is 23.1 Å². The van der Waals surface area contributed by atoms with Gasteiger partial charge in [-0.1, -0.05) is 13.8 Å². The number of nitrogens with two attached hydrogens (primary N) is 1. The van der Waals surface area contributed by atoms with Gasteiger partial charge in [-0.3, -0.25) is 0 Å². The van der Waals surface area contributed by atoms with E-state index in [1.54, 1.807) is 0 Å². The molecule has 0 aromatic carbocycles. The van der Waals surface area contributed by atoms with Gasteiger partial charge in [0, 0.05) is 6.04 Å². The number of aliphatic hydroxyl groups is 1. The molecule has 2 atom stereocenters. The highest BCUT2D eigenvalue weighted by Gasteiger charge is 2.16. The van der Waals surface area contributed by atoms with Crippen molar-refractivity contribution in [1.82, 2.24) is 0 Å². The van der Waals surface area contributed by atoms with Crippen molar-refractivity contribution in [2.75, 3.05) is 6.61 Å². The van der Waals surface area contributed by atoms with Crippen LogP contribution in [0.25, 0.3) is 0 Å². The minimum Gasteiger partial charge on any atom is -0.395 e. The maximum atomic E-state index is 8.54. The Balaban J connectivity index is 3.58. The van der Waals surface area contributed by atoms with Gasteiger partial charge in [0.05, 0.1) is 12.0 Å². The molecular weight excluding hydrogens is 138 g/mol. The van der Waals surface area contributed by atoms with E-state index in [2.05, 4.69) is 0 Å². The Labute approximate surface area is 61.0 Å². The summed E-state index contributed by atoms with van der Waals surface area (Å²) in [6.07, 6.45) is 0. The van der Waals surface area contributed by atoms with Crippen molar-refractivity contribution in [3.05, 3.63) is 0 Å². The Hall–Kier alpha value is 0.210. The maximum Gasteiger partial charge on any atom is 0.0597 e. The number of hydrogen-bond donors (Lipinski definition) is 2. The van der Waals surface area contributed by atoms with Crippen LogP contribution in [0, 0.1) is 5.92 Å². The third-order valence-electron chi connectivity index (χ3n) is 1.26. The predicted octanol–water partition coefficient (Wildman–Crippen LogP) is 0.569. The summed E-state index contributed by atoms with van der Waals surface area (Å²) in [7, 11) is 0. The summed E-state index contributed by atoms with van der Waals surface area (Å²) < 4.78 is 0. The predicted molar refractivity (Wildman–Crippen MR) is 39.5 cm³/mol. The topological polar surface area (TPSA) is 46.2 Å². The summed E-state index contributed by atoms with van der Waals surface area (Å²) in [6, 6.07) is -0.285. The first kappa shape index (κ1) is 9.21. The van der Waals surface area contributed by atoms with Crippen LogP contribution in [0.1, 0.15) is 13.8 Å². The van der Waals surface area contributed by atoms with E-state index >= 15 is 0 Å². The van der Waals surface area contributed by atoms with Crippen LogP contribution in [0.15, 0.2) is 0 Å². The normalized spacial score (nSPS) is 18.0. The first-order valence-corrected chi connectivity index (χ1v) is 3.53. The number of aliphatic hydroxyl groups excluding tert-OH is 1. The third-order valence-corrected chi connectivity index (χ3v) is 2.08. The minimum atomic E-state index is -0.285. The number of halogens is 1. The molecule has 0 aromatic heterocycles. The van der Waals surface area contributed by atoms with Gasteiger partial charge in [0.25, 0.3) is 0 Å². The molecule has 0 aliphatic carbocycles. The monoisotopic (exact) mass is 151 g/mol. The van der Waals surface area contributed by atoms with Crippen LogP contribution in [0.4, 0.5) is 0 Å². The van der Waals surface area contributed by atoms with Crippen molar-refractivity contribution in [3.63, 3.8) is 0 Å². The van der Waals surface area contributed by atoms with Crippen molar-refractivity contribution in [2.24, 2.45) is 11.7 Å². The third kappa shape index (κ3) is 3.04.